The fourth-order valence-electron chi connectivity index (χ4n) is 2.66. The van der Waals surface area contributed by atoms with Crippen LogP contribution in [0, 0.1) is 5.92 Å². The highest BCUT2D eigenvalue weighted by molar-refractivity contribution is 7.99. The summed E-state index contributed by atoms with van der Waals surface area (Å²) >= 11 is 1.60. The molecule has 0 bridgehead atoms. The minimum atomic E-state index is -1.25. The summed E-state index contributed by atoms with van der Waals surface area (Å²) in [5.41, 5.74) is 0.925. The van der Waals surface area contributed by atoms with E-state index in [2.05, 4.69) is 0 Å². The summed E-state index contributed by atoms with van der Waals surface area (Å²) in [5.74, 6) is -2.00. The maximum absolute atomic E-state index is 12.3. The average molecular weight is 350 g/mol. The van der Waals surface area contributed by atoms with Crippen LogP contribution in [0.25, 0.3) is 0 Å². The lowest BCUT2D eigenvalue weighted by Crippen LogP contribution is -2.29. The molecular weight excluding hydrogens is 328 g/mol. The number of ketones is 2. The molecule has 130 valence electrons. The third-order valence-electron chi connectivity index (χ3n) is 4.16. The van der Waals surface area contributed by atoms with Crippen molar-refractivity contribution in [2.75, 3.05) is 13.4 Å². The van der Waals surface area contributed by atoms with E-state index in [0.717, 1.165) is 5.56 Å². The van der Waals surface area contributed by atoms with Crippen molar-refractivity contribution in [1.29, 1.82) is 0 Å². The fraction of sp³-hybridized carbons (Fsp3) is 0.500. The molecule has 3 atom stereocenters. The summed E-state index contributed by atoms with van der Waals surface area (Å²) < 4.78 is 10.3. The first-order valence-corrected chi connectivity index (χ1v) is 9.17. The average Bonchev–Trinajstić information content (AvgIpc) is 2.86. The fourth-order valence-corrected chi connectivity index (χ4v) is 3.03. The van der Waals surface area contributed by atoms with Crippen LogP contribution in [0.2, 0.25) is 0 Å². The van der Waals surface area contributed by atoms with Gasteiger partial charge in [-0.25, -0.2) is 0 Å². The third-order valence-corrected chi connectivity index (χ3v) is 5.16. The smallest absolute Gasteiger partial charge is 0.325 e. The SMILES string of the molecule is COc1cccc(CCC(=O)C2C(=O)OC(CC(C)SC)C2=O)c1. The molecule has 0 amide bonds. The molecule has 1 fully saturated rings. The first kappa shape index (κ1) is 18.5. The highest BCUT2D eigenvalue weighted by Crippen LogP contribution is 2.26. The Morgan fingerprint density at radius 1 is 1.38 bits per heavy atom. The first-order valence-electron chi connectivity index (χ1n) is 7.89. The summed E-state index contributed by atoms with van der Waals surface area (Å²) in [5, 5.41) is 0.192. The number of Topliss-reactive ketones (excluding diaryl/α,β-unsaturated/α-hetero) is 2. The topological polar surface area (TPSA) is 69.7 Å². The van der Waals surface area contributed by atoms with Crippen LogP contribution in [0.3, 0.4) is 0 Å². The molecule has 1 aromatic carbocycles. The molecule has 1 aliphatic rings. The van der Waals surface area contributed by atoms with Crippen LogP contribution in [0.1, 0.15) is 25.3 Å². The van der Waals surface area contributed by atoms with Gasteiger partial charge in [-0.05, 0) is 30.4 Å². The van der Waals surface area contributed by atoms with E-state index < -0.39 is 23.8 Å². The van der Waals surface area contributed by atoms with E-state index in [1.54, 1.807) is 18.9 Å². The first-order chi connectivity index (χ1) is 11.5. The zero-order valence-corrected chi connectivity index (χ0v) is 14.9. The molecule has 1 aromatic rings. The molecule has 5 nitrogen and oxygen atoms in total. The summed E-state index contributed by atoms with van der Waals surface area (Å²) in [4.78, 5) is 36.6. The number of rotatable bonds is 8. The quantitative estimate of drug-likeness (QED) is 0.530. The number of hydrogen-bond acceptors (Lipinski definition) is 6. The van der Waals surface area contributed by atoms with Gasteiger partial charge in [-0.2, -0.15) is 11.8 Å². The minimum absolute atomic E-state index is 0.128. The number of carbonyl (C=O) groups is 3. The van der Waals surface area contributed by atoms with Crippen molar-refractivity contribution in [3.8, 4) is 5.75 Å². The second kappa shape index (κ2) is 8.33. The Morgan fingerprint density at radius 3 is 2.79 bits per heavy atom. The van der Waals surface area contributed by atoms with E-state index in [1.807, 2.05) is 37.4 Å². The Bertz CT molecular complexity index is 628. The largest absolute Gasteiger partial charge is 0.497 e. The van der Waals surface area contributed by atoms with Crippen molar-refractivity contribution in [3.63, 3.8) is 0 Å². The van der Waals surface area contributed by atoms with Crippen molar-refractivity contribution < 1.29 is 23.9 Å². The lowest BCUT2D eigenvalue weighted by Gasteiger charge is -2.12. The molecule has 0 radical (unpaired) electrons. The highest BCUT2D eigenvalue weighted by atomic mass is 32.2. The van der Waals surface area contributed by atoms with Crippen LogP contribution in [-0.2, 0) is 25.5 Å². The maximum Gasteiger partial charge on any atom is 0.325 e. The number of cyclic esters (lactones) is 1. The van der Waals surface area contributed by atoms with Crippen molar-refractivity contribution in [3.05, 3.63) is 29.8 Å². The van der Waals surface area contributed by atoms with Gasteiger partial charge < -0.3 is 9.47 Å². The summed E-state index contributed by atoms with van der Waals surface area (Å²) in [6.07, 6.45) is 2.18. The van der Waals surface area contributed by atoms with Gasteiger partial charge in [-0.1, -0.05) is 19.1 Å². The van der Waals surface area contributed by atoms with E-state index in [1.165, 1.54) is 0 Å². The van der Waals surface area contributed by atoms with Gasteiger partial charge >= 0.3 is 5.97 Å². The van der Waals surface area contributed by atoms with Crippen LogP contribution in [0.15, 0.2) is 24.3 Å². The number of ether oxygens (including phenoxy) is 2. The number of esters is 1. The predicted octanol–water partition coefficient (Wildman–Crippen LogP) is 2.45. The van der Waals surface area contributed by atoms with Crippen molar-refractivity contribution in [2.45, 2.75) is 37.5 Å². The van der Waals surface area contributed by atoms with E-state index in [4.69, 9.17) is 9.47 Å². The van der Waals surface area contributed by atoms with E-state index in [9.17, 15) is 14.4 Å². The van der Waals surface area contributed by atoms with E-state index in [-0.39, 0.29) is 17.5 Å². The second-order valence-corrected chi connectivity index (χ2v) is 7.14. The molecule has 0 aromatic heterocycles. The zero-order chi connectivity index (χ0) is 17.7. The summed E-state index contributed by atoms with van der Waals surface area (Å²) in [6.45, 7) is 1.96. The monoisotopic (exact) mass is 350 g/mol. The lowest BCUT2D eigenvalue weighted by atomic mass is 9.93. The van der Waals surface area contributed by atoms with Gasteiger partial charge in [0.2, 0.25) is 0 Å². The lowest BCUT2D eigenvalue weighted by molar-refractivity contribution is -0.146. The van der Waals surface area contributed by atoms with Crippen LogP contribution in [-0.4, -0.2) is 42.3 Å². The number of benzene rings is 1. The maximum atomic E-state index is 12.3. The summed E-state index contributed by atoms with van der Waals surface area (Å²) in [6, 6.07) is 7.38. The number of aryl methyl sites for hydroxylation is 1. The van der Waals surface area contributed by atoms with Gasteiger partial charge in [0.05, 0.1) is 7.11 Å². The van der Waals surface area contributed by atoms with Crippen molar-refractivity contribution in [1.82, 2.24) is 0 Å². The van der Waals surface area contributed by atoms with Gasteiger partial charge in [0.25, 0.3) is 0 Å². The van der Waals surface area contributed by atoms with Crippen LogP contribution in [0.5, 0.6) is 5.75 Å². The van der Waals surface area contributed by atoms with E-state index in [0.29, 0.717) is 18.6 Å². The van der Waals surface area contributed by atoms with Crippen LogP contribution >= 0.6 is 11.8 Å². The number of carbonyl (C=O) groups excluding carboxylic acids is 3. The highest BCUT2D eigenvalue weighted by Gasteiger charge is 2.47. The van der Waals surface area contributed by atoms with Gasteiger partial charge in [-0.3, -0.25) is 14.4 Å². The molecule has 3 unspecified atom stereocenters. The Balaban J connectivity index is 1.96. The Kier molecular flexibility index (Phi) is 6.43. The van der Waals surface area contributed by atoms with Crippen LogP contribution < -0.4 is 4.74 Å². The molecule has 0 spiro atoms. The molecular formula is C18H22O5S. The molecule has 24 heavy (non-hydrogen) atoms. The minimum Gasteiger partial charge on any atom is -0.497 e. The van der Waals surface area contributed by atoms with Gasteiger partial charge in [-0.15, -0.1) is 0 Å². The molecule has 0 aliphatic carbocycles. The van der Waals surface area contributed by atoms with Crippen molar-refractivity contribution >= 4 is 29.3 Å². The zero-order valence-electron chi connectivity index (χ0n) is 14.1. The standard InChI is InChI=1S/C18H22O5S/c1-11(24-3)9-15-17(20)16(18(21)23-15)14(19)8-7-12-5-4-6-13(10-12)22-2/h4-6,10-11,15-16H,7-9H2,1-3H3. The number of thioether (sulfide) groups is 1. The summed E-state index contributed by atoms with van der Waals surface area (Å²) in [7, 11) is 1.58. The van der Waals surface area contributed by atoms with E-state index >= 15 is 0 Å². The molecule has 1 saturated heterocycles. The molecule has 1 aliphatic heterocycles. The Morgan fingerprint density at radius 2 is 2.12 bits per heavy atom. The second-order valence-electron chi connectivity index (χ2n) is 5.86. The van der Waals surface area contributed by atoms with Gasteiger partial charge in [0, 0.05) is 18.1 Å². The number of methoxy groups -OCH3 is 1. The predicted molar refractivity (Wildman–Crippen MR) is 92.3 cm³/mol. The molecule has 1 heterocycles. The van der Waals surface area contributed by atoms with Gasteiger partial charge in [0.1, 0.15) is 5.75 Å². The number of hydrogen-bond donors (Lipinski definition) is 0. The normalized spacial score (nSPS) is 21.5. The van der Waals surface area contributed by atoms with Gasteiger partial charge in [0.15, 0.2) is 23.6 Å². The van der Waals surface area contributed by atoms with Crippen molar-refractivity contribution in [2.24, 2.45) is 5.92 Å². The Labute approximate surface area is 146 Å². The molecule has 0 saturated carbocycles. The molecule has 0 N–H and O–H groups in total. The molecule has 2 rings (SSSR count). The third kappa shape index (κ3) is 4.38. The van der Waals surface area contributed by atoms with Crippen LogP contribution in [0.4, 0.5) is 0 Å². The Hall–Kier alpha value is -1.82. The molecule has 6 heteroatoms.